The van der Waals surface area contributed by atoms with E-state index in [-0.39, 0.29) is 25.0 Å². The molecule has 0 aliphatic heterocycles. The summed E-state index contributed by atoms with van der Waals surface area (Å²) in [7, 11) is 1.66. The Morgan fingerprint density at radius 1 is 0.933 bits per heavy atom. The van der Waals surface area contributed by atoms with Crippen LogP contribution >= 0.6 is 0 Å². The van der Waals surface area contributed by atoms with Crippen molar-refractivity contribution in [3.05, 3.63) is 83.4 Å². The van der Waals surface area contributed by atoms with Crippen LogP contribution in [0.2, 0.25) is 0 Å². The largest absolute Gasteiger partial charge is 0.454 e. The van der Waals surface area contributed by atoms with Gasteiger partial charge in [-0.3, -0.25) is 14.4 Å². The minimum Gasteiger partial charge on any atom is -0.454 e. The summed E-state index contributed by atoms with van der Waals surface area (Å²) in [6, 6.07) is 20.8. The van der Waals surface area contributed by atoms with Crippen LogP contribution in [0.5, 0.6) is 0 Å². The molecule has 0 spiro atoms. The van der Waals surface area contributed by atoms with Gasteiger partial charge in [-0.2, -0.15) is 0 Å². The van der Waals surface area contributed by atoms with E-state index in [0.717, 1.165) is 21.9 Å². The molecule has 6 nitrogen and oxygen atoms in total. The second-order valence-corrected chi connectivity index (χ2v) is 7.08. The van der Waals surface area contributed by atoms with E-state index in [1.54, 1.807) is 19.2 Å². The second kappa shape index (κ2) is 9.69. The highest BCUT2D eigenvalue weighted by molar-refractivity contribution is 5.99. The van der Waals surface area contributed by atoms with Gasteiger partial charge in [-0.25, -0.2) is 0 Å². The lowest BCUT2D eigenvalue weighted by molar-refractivity contribution is -0.150. The normalized spacial score (nSPS) is 10.5. The average Bonchev–Trinajstić information content (AvgIpc) is 2.76. The van der Waals surface area contributed by atoms with Crippen molar-refractivity contribution in [2.45, 2.75) is 13.5 Å². The average molecular weight is 404 g/mol. The molecule has 0 heterocycles. The molecule has 0 radical (unpaired) electrons. The molecule has 1 N–H and O–H groups in total. The van der Waals surface area contributed by atoms with Gasteiger partial charge in [-0.15, -0.1) is 0 Å². The molecule has 154 valence electrons. The SMILES string of the molecule is Cc1ccccc1CN(C)C(=O)COC(=O)CNC(=O)c1ccc2ccccc2c1. The van der Waals surface area contributed by atoms with Crippen molar-refractivity contribution in [3.63, 3.8) is 0 Å². The molecule has 0 aromatic heterocycles. The lowest BCUT2D eigenvalue weighted by atomic mass is 10.1. The molecule has 3 rings (SSSR count). The summed E-state index contributed by atoms with van der Waals surface area (Å²) in [6.45, 7) is 1.74. The molecule has 0 unspecified atom stereocenters. The molecule has 0 saturated carbocycles. The third-order valence-corrected chi connectivity index (χ3v) is 4.86. The first-order valence-electron chi connectivity index (χ1n) is 9.65. The summed E-state index contributed by atoms with van der Waals surface area (Å²) in [5.41, 5.74) is 2.57. The molecule has 2 amide bonds. The number of ether oxygens (including phenoxy) is 1. The first-order valence-corrected chi connectivity index (χ1v) is 9.65. The minimum absolute atomic E-state index is 0.305. The highest BCUT2D eigenvalue weighted by Crippen LogP contribution is 2.15. The molecule has 3 aromatic rings. The number of rotatable bonds is 7. The summed E-state index contributed by atoms with van der Waals surface area (Å²) >= 11 is 0. The van der Waals surface area contributed by atoms with Crippen LogP contribution in [-0.4, -0.2) is 42.9 Å². The number of nitrogens with zero attached hydrogens (tertiary/aromatic N) is 1. The van der Waals surface area contributed by atoms with Crippen LogP contribution in [0.3, 0.4) is 0 Å². The van der Waals surface area contributed by atoms with Gasteiger partial charge >= 0.3 is 5.97 Å². The number of nitrogens with one attached hydrogen (secondary N) is 1. The summed E-state index contributed by atoms with van der Waals surface area (Å²) in [5, 5.41) is 4.49. The van der Waals surface area contributed by atoms with Crippen LogP contribution in [0, 0.1) is 6.92 Å². The van der Waals surface area contributed by atoms with Gasteiger partial charge in [0.05, 0.1) is 0 Å². The summed E-state index contributed by atoms with van der Waals surface area (Å²) < 4.78 is 5.00. The van der Waals surface area contributed by atoms with Crippen molar-refractivity contribution in [1.29, 1.82) is 0 Å². The van der Waals surface area contributed by atoms with Crippen LogP contribution in [0.1, 0.15) is 21.5 Å². The maximum Gasteiger partial charge on any atom is 0.325 e. The van der Waals surface area contributed by atoms with Crippen molar-refractivity contribution < 1.29 is 19.1 Å². The first kappa shape index (κ1) is 21.0. The lowest BCUT2D eigenvalue weighted by Crippen LogP contribution is -2.34. The Morgan fingerprint density at radius 2 is 1.63 bits per heavy atom. The number of likely N-dealkylation sites (N-methyl/N-ethyl adjacent to an activating group) is 1. The van der Waals surface area contributed by atoms with Gasteiger partial charge in [-0.1, -0.05) is 54.6 Å². The van der Waals surface area contributed by atoms with Crippen LogP contribution in [-0.2, 0) is 20.9 Å². The minimum atomic E-state index is -0.665. The number of benzene rings is 3. The van der Waals surface area contributed by atoms with E-state index >= 15 is 0 Å². The van der Waals surface area contributed by atoms with Crippen LogP contribution < -0.4 is 5.32 Å². The van der Waals surface area contributed by atoms with E-state index in [1.165, 1.54) is 4.90 Å². The molecule has 0 atom stereocenters. The van der Waals surface area contributed by atoms with Crippen molar-refractivity contribution >= 4 is 28.6 Å². The van der Waals surface area contributed by atoms with Crippen molar-refractivity contribution in [1.82, 2.24) is 10.2 Å². The van der Waals surface area contributed by atoms with Crippen LogP contribution in [0.15, 0.2) is 66.7 Å². The molecule has 0 bridgehead atoms. The summed E-state index contributed by atoms with van der Waals surface area (Å²) in [6.07, 6.45) is 0. The molecule has 0 aliphatic rings. The summed E-state index contributed by atoms with van der Waals surface area (Å²) in [5.74, 6) is -1.35. The lowest BCUT2D eigenvalue weighted by Gasteiger charge is -2.18. The number of fused-ring (bicyclic) bond motifs is 1. The van der Waals surface area contributed by atoms with Crippen molar-refractivity contribution in [3.8, 4) is 0 Å². The van der Waals surface area contributed by atoms with Crippen molar-refractivity contribution in [2.75, 3.05) is 20.2 Å². The van der Waals surface area contributed by atoms with Gasteiger partial charge in [0.15, 0.2) is 6.61 Å². The highest BCUT2D eigenvalue weighted by Gasteiger charge is 2.14. The standard InChI is InChI=1S/C24H24N2O4/c1-17-7-3-4-10-21(17)15-26(2)22(27)16-30-23(28)14-25-24(29)20-12-11-18-8-5-6-9-19(18)13-20/h3-13H,14-16H2,1-2H3,(H,25,29). The monoisotopic (exact) mass is 404 g/mol. The predicted molar refractivity (Wildman–Crippen MR) is 115 cm³/mol. The number of carbonyl (C=O) groups is 3. The smallest absolute Gasteiger partial charge is 0.325 e. The van der Waals surface area contributed by atoms with E-state index in [9.17, 15) is 14.4 Å². The van der Waals surface area contributed by atoms with E-state index in [0.29, 0.717) is 12.1 Å². The Kier molecular flexibility index (Phi) is 6.80. The molecule has 30 heavy (non-hydrogen) atoms. The Balaban J connectivity index is 1.45. The van der Waals surface area contributed by atoms with Gasteiger partial charge in [0, 0.05) is 19.2 Å². The third-order valence-electron chi connectivity index (χ3n) is 4.86. The number of aryl methyl sites for hydroxylation is 1. The van der Waals surface area contributed by atoms with Crippen LogP contribution in [0.25, 0.3) is 10.8 Å². The Hall–Kier alpha value is -3.67. The van der Waals surface area contributed by atoms with Crippen molar-refractivity contribution in [2.24, 2.45) is 0 Å². The zero-order chi connectivity index (χ0) is 21.5. The molecule has 6 heteroatoms. The zero-order valence-electron chi connectivity index (χ0n) is 17.1. The van der Waals surface area contributed by atoms with E-state index in [1.807, 2.05) is 61.5 Å². The maximum atomic E-state index is 12.3. The first-order chi connectivity index (χ1) is 14.4. The number of carbonyl (C=O) groups excluding carboxylic acids is 3. The molecular formula is C24H24N2O4. The molecular weight excluding hydrogens is 380 g/mol. The maximum absolute atomic E-state index is 12.3. The Bertz CT molecular complexity index is 1080. The number of amides is 2. The molecule has 0 saturated heterocycles. The van der Waals surface area contributed by atoms with E-state index in [2.05, 4.69) is 5.32 Å². The van der Waals surface area contributed by atoms with Crippen LogP contribution in [0.4, 0.5) is 0 Å². The quantitative estimate of drug-likeness (QED) is 0.614. The third kappa shape index (κ3) is 5.44. The van der Waals surface area contributed by atoms with E-state index < -0.39 is 5.97 Å². The van der Waals surface area contributed by atoms with Gasteiger partial charge in [0.1, 0.15) is 6.54 Å². The molecule has 0 fully saturated rings. The summed E-state index contributed by atoms with van der Waals surface area (Å²) in [4.78, 5) is 37.9. The second-order valence-electron chi connectivity index (χ2n) is 7.08. The van der Waals surface area contributed by atoms with Gasteiger partial charge in [0.2, 0.25) is 0 Å². The fraction of sp³-hybridized carbons (Fsp3) is 0.208. The van der Waals surface area contributed by atoms with E-state index in [4.69, 9.17) is 4.74 Å². The zero-order valence-corrected chi connectivity index (χ0v) is 17.1. The predicted octanol–water partition coefficient (Wildman–Crippen LogP) is 3.08. The Morgan fingerprint density at radius 3 is 2.40 bits per heavy atom. The fourth-order valence-electron chi connectivity index (χ4n) is 3.02. The van der Waals surface area contributed by atoms with Gasteiger partial charge < -0.3 is 15.0 Å². The van der Waals surface area contributed by atoms with Gasteiger partial charge in [-0.05, 0) is 41.0 Å². The molecule has 3 aromatic carbocycles. The topological polar surface area (TPSA) is 75.7 Å². The number of hydrogen-bond acceptors (Lipinski definition) is 4. The molecule has 0 aliphatic carbocycles. The highest BCUT2D eigenvalue weighted by atomic mass is 16.5. The number of esters is 1. The van der Waals surface area contributed by atoms with Gasteiger partial charge in [0.25, 0.3) is 11.8 Å². The fourth-order valence-corrected chi connectivity index (χ4v) is 3.02. The number of hydrogen-bond donors (Lipinski definition) is 1. The Labute approximate surface area is 175 Å².